The molecule has 1 aromatic carbocycles. The first-order valence-corrected chi connectivity index (χ1v) is 9.06. The Morgan fingerprint density at radius 3 is 2.50 bits per heavy atom. The van der Waals surface area contributed by atoms with Crippen molar-refractivity contribution in [2.75, 3.05) is 13.1 Å². The number of amides is 2. The summed E-state index contributed by atoms with van der Waals surface area (Å²) in [7, 11) is 0. The molecule has 11 heteroatoms. The second kappa shape index (κ2) is 8.07. The Morgan fingerprint density at radius 2 is 1.93 bits per heavy atom. The molecule has 0 radical (unpaired) electrons. The van der Waals surface area contributed by atoms with E-state index in [1.165, 1.54) is 17.0 Å². The lowest BCUT2D eigenvalue weighted by Crippen LogP contribution is -2.41. The lowest BCUT2D eigenvalue weighted by molar-refractivity contribution is 0.0872. The predicted octanol–water partition coefficient (Wildman–Crippen LogP) is 2.36. The summed E-state index contributed by atoms with van der Waals surface area (Å²) in [4.78, 5) is 36.6. The number of carboxylic acid groups (broad SMARTS) is 1. The molecule has 1 fully saturated rings. The average molecular weight is 427 g/mol. The van der Waals surface area contributed by atoms with Gasteiger partial charge in [-0.05, 0) is 17.7 Å². The minimum Gasteiger partial charge on any atom is -0.487 e. The molecule has 0 saturated carbocycles. The molecular weight excluding hydrogens is 411 g/mol. The van der Waals surface area contributed by atoms with E-state index in [1.807, 2.05) is 0 Å². The SMILES string of the molecule is NC(=O)c1n[nH]c(=O)c(-c2ccc(Cl)c(Cl)c2)c1OC1CCN(C(=O)O)CC1. The molecule has 148 valence electrons. The molecule has 0 atom stereocenters. The summed E-state index contributed by atoms with van der Waals surface area (Å²) >= 11 is 12.0. The van der Waals surface area contributed by atoms with Crippen LogP contribution in [0.1, 0.15) is 23.3 Å². The number of nitrogens with zero attached hydrogens (tertiary/aromatic N) is 2. The van der Waals surface area contributed by atoms with Crippen molar-refractivity contribution in [1.82, 2.24) is 15.1 Å². The Bertz CT molecular complexity index is 986. The Hall–Kier alpha value is -2.78. The first-order valence-electron chi connectivity index (χ1n) is 8.30. The van der Waals surface area contributed by atoms with Gasteiger partial charge in [-0.3, -0.25) is 9.59 Å². The minimum atomic E-state index is -1.01. The molecule has 1 aromatic heterocycles. The second-order valence-electron chi connectivity index (χ2n) is 6.19. The van der Waals surface area contributed by atoms with E-state index in [-0.39, 0.29) is 35.1 Å². The maximum atomic E-state index is 12.5. The number of aromatic amines is 1. The third kappa shape index (κ3) is 4.05. The van der Waals surface area contributed by atoms with Crippen LogP contribution in [0.25, 0.3) is 11.1 Å². The molecule has 1 aliphatic rings. The zero-order chi connectivity index (χ0) is 20.4. The molecule has 4 N–H and O–H groups in total. The Kier molecular flexibility index (Phi) is 5.76. The number of hydrogen-bond acceptors (Lipinski definition) is 5. The number of piperidine rings is 1. The number of rotatable bonds is 4. The number of halogens is 2. The zero-order valence-electron chi connectivity index (χ0n) is 14.4. The average Bonchev–Trinajstić information content (AvgIpc) is 2.64. The lowest BCUT2D eigenvalue weighted by atomic mass is 10.0. The van der Waals surface area contributed by atoms with Crippen molar-refractivity contribution < 1.29 is 19.4 Å². The van der Waals surface area contributed by atoms with Crippen molar-refractivity contribution >= 4 is 35.2 Å². The molecule has 1 aliphatic heterocycles. The molecule has 0 aliphatic carbocycles. The van der Waals surface area contributed by atoms with E-state index in [1.54, 1.807) is 6.07 Å². The maximum absolute atomic E-state index is 12.5. The van der Waals surface area contributed by atoms with E-state index >= 15 is 0 Å². The van der Waals surface area contributed by atoms with Crippen LogP contribution in [0.3, 0.4) is 0 Å². The van der Waals surface area contributed by atoms with Crippen LogP contribution in [0.2, 0.25) is 10.0 Å². The van der Waals surface area contributed by atoms with Crippen molar-refractivity contribution in [1.29, 1.82) is 0 Å². The fourth-order valence-electron chi connectivity index (χ4n) is 2.96. The highest BCUT2D eigenvalue weighted by atomic mass is 35.5. The predicted molar refractivity (Wildman–Crippen MR) is 102 cm³/mol. The van der Waals surface area contributed by atoms with Gasteiger partial charge in [0.1, 0.15) is 6.10 Å². The number of likely N-dealkylation sites (tertiary alicyclic amines) is 1. The number of H-pyrrole nitrogens is 1. The van der Waals surface area contributed by atoms with Gasteiger partial charge in [-0.2, -0.15) is 5.10 Å². The maximum Gasteiger partial charge on any atom is 0.407 e. The van der Waals surface area contributed by atoms with Crippen molar-refractivity contribution in [3.05, 3.63) is 44.3 Å². The molecular formula is C17H16Cl2N4O5. The Balaban J connectivity index is 2.02. The number of primary amides is 1. The standard InChI is InChI=1S/C17H16Cl2N4O5/c18-10-2-1-8(7-11(10)19)12-14(13(15(20)24)21-22-16(12)25)28-9-3-5-23(6-4-9)17(26)27/h1-2,7,9H,3-6H2,(H2,20,24)(H,22,25)(H,26,27). The van der Waals surface area contributed by atoms with E-state index in [9.17, 15) is 14.4 Å². The summed E-state index contributed by atoms with van der Waals surface area (Å²) in [6.07, 6.45) is -0.652. The van der Waals surface area contributed by atoms with Crippen LogP contribution < -0.4 is 16.0 Å². The number of hydrogen-bond donors (Lipinski definition) is 3. The van der Waals surface area contributed by atoms with Crippen LogP contribution in [0, 0.1) is 0 Å². The van der Waals surface area contributed by atoms with Gasteiger partial charge in [0.15, 0.2) is 11.4 Å². The number of ether oxygens (including phenoxy) is 1. The highest BCUT2D eigenvalue weighted by molar-refractivity contribution is 6.42. The van der Waals surface area contributed by atoms with E-state index in [0.717, 1.165) is 0 Å². The summed E-state index contributed by atoms with van der Waals surface area (Å²) in [6.45, 7) is 0.537. The Morgan fingerprint density at radius 1 is 1.25 bits per heavy atom. The molecule has 0 unspecified atom stereocenters. The molecule has 2 amide bonds. The summed E-state index contributed by atoms with van der Waals surface area (Å²) in [6, 6.07) is 4.54. The smallest absolute Gasteiger partial charge is 0.407 e. The monoisotopic (exact) mass is 426 g/mol. The zero-order valence-corrected chi connectivity index (χ0v) is 16.0. The number of carbonyl (C=O) groups excluding carboxylic acids is 1. The quantitative estimate of drug-likeness (QED) is 0.685. The van der Waals surface area contributed by atoms with Gasteiger partial charge in [-0.15, -0.1) is 0 Å². The van der Waals surface area contributed by atoms with Gasteiger partial charge >= 0.3 is 6.09 Å². The third-order valence-electron chi connectivity index (χ3n) is 4.38. The highest BCUT2D eigenvalue weighted by Gasteiger charge is 2.28. The molecule has 9 nitrogen and oxygen atoms in total. The highest BCUT2D eigenvalue weighted by Crippen LogP contribution is 2.34. The molecule has 3 rings (SSSR count). The van der Waals surface area contributed by atoms with Gasteiger partial charge in [0.05, 0.1) is 15.6 Å². The van der Waals surface area contributed by atoms with E-state index in [4.69, 9.17) is 38.8 Å². The van der Waals surface area contributed by atoms with Crippen molar-refractivity contribution in [3.8, 4) is 16.9 Å². The van der Waals surface area contributed by atoms with Gasteiger partial charge in [-0.25, -0.2) is 9.89 Å². The van der Waals surface area contributed by atoms with Crippen LogP contribution >= 0.6 is 23.2 Å². The molecule has 0 bridgehead atoms. The summed E-state index contributed by atoms with van der Waals surface area (Å²) in [5.41, 5.74) is 4.98. The van der Waals surface area contributed by atoms with E-state index < -0.39 is 23.7 Å². The van der Waals surface area contributed by atoms with Crippen molar-refractivity contribution in [2.24, 2.45) is 5.73 Å². The molecule has 1 saturated heterocycles. The van der Waals surface area contributed by atoms with Crippen molar-refractivity contribution in [2.45, 2.75) is 18.9 Å². The number of nitrogens with two attached hydrogens (primary N) is 1. The van der Waals surface area contributed by atoms with Crippen LogP contribution in [0.5, 0.6) is 5.75 Å². The van der Waals surface area contributed by atoms with E-state index in [2.05, 4.69) is 10.2 Å². The summed E-state index contributed by atoms with van der Waals surface area (Å²) < 4.78 is 5.93. The van der Waals surface area contributed by atoms with Crippen LogP contribution in [0.4, 0.5) is 4.79 Å². The number of carbonyl (C=O) groups is 2. The number of aromatic nitrogens is 2. The van der Waals surface area contributed by atoms with Gasteiger partial charge in [0, 0.05) is 25.9 Å². The van der Waals surface area contributed by atoms with Crippen molar-refractivity contribution in [3.63, 3.8) is 0 Å². The largest absolute Gasteiger partial charge is 0.487 e. The fraction of sp³-hybridized carbons (Fsp3) is 0.294. The summed E-state index contributed by atoms with van der Waals surface area (Å²) in [5.74, 6) is -0.945. The number of benzene rings is 1. The molecule has 28 heavy (non-hydrogen) atoms. The normalized spacial score (nSPS) is 14.7. The third-order valence-corrected chi connectivity index (χ3v) is 5.12. The minimum absolute atomic E-state index is 0.0445. The van der Waals surface area contributed by atoms with E-state index in [0.29, 0.717) is 23.4 Å². The van der Waals surface area contributed by atoms with Gasteiger partial charge in [0.2, 0.25) is 0 Å². The topological polar surface area (TPSA) is 139 Å². The first kappa shape index (κ1) is 20.0. The van der Waals surface area contributed by atoms with Gasteiger partial charge in [-0.1, -0.05) is 29.3 Å². The van der Waals surface area contributed by atoms with Crippen LogP contribution in [-0.2, 0) is 0 Å². The van der Waals surface area contributed by atoms with Crippen LogP contribution in [0.15, 0.2) is 23.0 Å². The number of nitrogens with one attached hydrogen (secondary N) is 1. The molecule has 2 aromatic rings. The first-order chi connectivity index (χ1) is 13.3. The van der Waals surface area contributed by atoms with Gasteiger partial charge < -0.3 is 20.5 Å². The Labute approximate surface area is 169 Å². The fourth-order valence-corrected chi connectivity index (χ4v) is 3.26. The second-order valence-corrected chi connectivity index (χ2v) is 7.00. The van der Waals surface area contributed by atoms with Gasteiger partial charge in [0.25, 0.3) is 11.5 Å². The summed E-state index contributed by atoms with van der Waals surface area (Å²) in [5, 5.41) is 15.5. The molecule has 0 spiro atoms. The molecule has 2 heterocycles. The lowest BCUT2D eigenvalue weighted by Gasteiger charge is -2.30. The van der Waals surface area contributed by atoms with Crippen LogP contribution in [-0.4, -0.2) is 51.4 Å².